The maximum absolute atomic E-state index is 3.78. The number of alkyl halides is 1. The van der Waals surface area contributed by atoms with Crippen molar-refractivity contribution in [1.29, 1.82) is 0 Å². The van der Waals surface area contributed by atoms with Gasteiger partial charge in [0, 0.05) is 9.30 Å². The van der Waals surface area contributed by atoms with Gasteiger partial charge in [-0.25, -0.2) is 0 Å². The van der Waals surface area contributed by atoms with E-state index in [9.17, 15) is 0 Å². The zero-order chi connectivity index (χ0) is 9.47. The van der Waals surface area contributed by atoms with Gasteiger partial charge in [-0.15, -0.1) is 0 Å². The minimum absolute atomic E-state index is 0.508. The molecule has 0 amide bonds. The third kappa shape index (κ3) is 1.99. The monoisotopic (exact) mass is 302 g/mol. The highest BCUT2D eigenvalue weighted by Crippen LogP contribution is 2.58. The van der Waals surface area contributed by atoms with Crippen LogP contribution in [0.4, 0.5) is 0 Å². The Balaban J connectivity index is 2.20. The molecule has 0 N–H and O–H groups in total. The topological polar surface area (TPSA) is 0 Å². The van der Waals surface area contributed by atoms with Gasteiger partial charge in [-0.1, -0.05) is 50.9 Å². The molecule has 13 heavy (non-hydrogen) atoms. The second-order valence-electron chi connectivity index (χ2n) is 4.07. The Hall–Kier alpha value is 0.180. The molecule has 1 saturated carbocycles. The van der Waals surface area contributed by atoms with Gasteiger partial charge in [0.05, 0.1) is 0 Å². The van der Waals surface area contributed by atoms with Crippen molar-refractivity contribution in [1.82, 2.24) is 0 Å². The van der Waals surface area contributed by atoms with E-state index in [1.165, 1.54) is 18.4 Å². The largest absolute Gasteiger partial charge is 0.0833 e. The van der Waals surface area contributed by atoms with Crippen LogP contribution in [-0.4, -0.2) is 0 Å². The molecule has 1 aromatic rings. The van der Waals surface area contributed by atoms with Crippen LogP contribution in [-0.2, 0) is 0 Å². The number of rotatable bonds is 2. The fourth-order valence-corrected chi connectivity index (χ4v) is 2.51. The van der Waals surface area contributed by atoms with Gasteiger partial charge in [0.25, 0.3) is 0 Å². The lowest BCUT2D eigenvalue weighted by atomic mass is 9.99. The Kier molecular flexibility index (Phi) is 2.54. The van der Waals surface area contributed by atoms with Crippen molar-refractivity contribution in [2.45, 2.75) is 24.6 Å². The van der Waals surface area contributed by atoms with Crippen LogP contribution in [0.5, 0.6) is 0 Å². The molecule has 1 fully saturated rings. The molecule has 0 aromatic heterocycles. The number of hydrogen-bond acceptors (Lipinski definition) is 0. The third-order valence-electron chi connectivity index (χ3n) is 2.81. The van der Waals surface area contributed by atoms with Crippen molar-refractivity contribution < 1.29 is 0 Å². The molecule has 0 radical (unpaired) electrons. The summed E-state index contributed by atoms with van der Waals surface area (Å²) in [7, 11) is 0. The summed E-state index contributed by atoms with van der Waals surface area (Å²) in [6, 6.07) is 8.59. The van der Waals surface area contributed by atoms with Crippen molar-refractivity contribution >= 4 is 31.9 Å². The molecule has 1 atom stereocenters. The third-order valence-corrected chi connectivity index (χ3v) is 4.98. The van der Waals surface area contributed by atoms with E-state index in [1.807, 2.05) is 0 Å². The van der Waals surface area contributed by atoms with Gasteiger partial charge in [-0.2, -0.15) is 0 Å². The van der Waals surface area contributed by atoms with Gasteiger partial charge in [0.15, 0.2) is 0 Å². The highest BCUT2D eigenvalue weighted by atomic mass is 79.9. The minimum Gasteiger partial charge on any atom is -0.0833 e. The molecule has 1 aromatic carbocycles. The van der Waals surface area contributed by atoms with Crippen LogP contribution in [0, 0.1) is 5.41 Å². The molecule has 70 valence electrons. The van der Waals surface area contributed by atoms with Crippen LogP contribution in [0.1, 0.15) is 30.2 Å². The molecule has 0 aliphatic heterocycles. The van der Waals surface area contributed by atoms with Crippen molar-refractivity contribution in [2.24, 2.45) is 5.41 Å². The molecule has 0 nitrogen and oxygen atoms in total. The highest BCUT2D eigenvalue weighted by Gasteiger charge is 2.44. The van der Waals surface area contributed by atoms with Gasteiger partial charge >= 0.3 is 0 Å². The highest BCUT2D eigenvalue weighted by molar-refractivity contribution is 9.10. The fraction of sp³-hybridized carbons (Fsp3) is 0.455. The number of halogens is 2. The summed E-state index contributed by atoms with van der Waals surface area (Å²) < 4.78 is 1.15. The van der Waals surface area contributed by atoms with Crippen molar-refractivity contribution in [3.8, 4) is 0 Å². The first-order valence-corrected chi connectivity index (χ1v) is 6.22. The van der Waals surface area contributed by atoms with Gasteiger partial charge in [-0.05, 0) is 36.0 Å². The second-order valence-corrected chi connectivity index (χ2v) is 5.90. The number of hydrogen-bond donors (Lipinski definition) is 0. The van der Waals surface area contributed by atoms with Crippen molar-refractivity contribution in [3.05, 3.63) is 34.3 Å². The summed E-state index contributed by atoms with van der Waals surface area (Å²) >= 11 is 7.22. The average Bonchev–Trinajstić information content (AvgIpc) is 2.85. The molecule has 1 aliphatic carbocycles. The summed E-state index contributed by atoms with van der Waals surface area (Å²) in [5.41, 5.74) is 1.90. The Bertz CT molecular complexity index is 298. The van der Waals surface area contributed by atoms with Crippen LogP contribution in [0.25, 0.3) is 0 Å². The van der Waals surface area contributed by atoms with Gasteiger partial charge < -0.3 is 0 Å². The standard InChI is InChI=1S/C11H12Br2/c1-11(6-7-11)10(13)8-2-4-9(12)5-3-8/h2-5,10H,6-7H2,1H3. The minimum atomic E-state index is 0.508. The van der Waals surface area contributed by atoms with Crippen LogP contribution < -0.4 is 0 Å². The average molecular weight is 304 g/mol. The molecule has 0 saturated heterocycles. The van der Waals surface area contributed by atoms with E-state index in [4.69, 9.17) is 0 Å². The Morgan fingerprint density at radius 1 is 1.23 bits per heavy atom. The number of benzene rings is 1. The zero-order valence-electron chi connectivity index (χ0n) is 7.56. The van der Waals surface area contributed by atoms with E-state index < -0.39 is 0 Å². The van der Waals surface area contributed by atoms with E-state index in [0.717, 1.165) is 4.47 Å². The molecular weight excluding hydrogens is 292 g/mol. The van der Waals surface area contributed by atoms with E-state index >= 15 is 0 Å². The summed E-state index contributed by atoms with van der Waals surface area (Å²) in [6.07, 6.45) is 2.69. The normalized spacial score (nSPS) is 21.2. The predicted octanol–water partition coefficient (Wildman–Crippen LogP) is 4.69. The van der Waals surface area contributed by atoms with E-state index in [1.54, 1.807) is 0 Å². The van der Waals surface area contributed by atoms with Gasteiger partial charge in [0.2, 0.25) is 0 Å². The molecule has 0 bridgehead atoms. The maximum Gasteiger partial charge on any atom is 0.0448 e. The summed E-state index contributed by atoms with van der Waals surface area (Å²) in [4.78, 5) is 0.521. The molecule has 0 heterocycles. The summed E-state index contributed by atoms with van der Waals surface area (Å²) in [5.74, 6) is 0. The lowest BCUT2D eigenvalue weighted by molar-refractivity contribution is 0.565. The maximum atomic E-state index is 3.78. The summed E-state index contributed by atoms with van der Waals surface area (Å²) in [5, 5.41) is 0. The van der Waals surface area contributed by atoms with Crippen molar-refractivity contribution in [3.63, 3.8) is 0 Å². The molecule has 1 aliphatic rings. The predicted molar refractivity (Wildman–Crippen MR) is 63.2 cm³/mol. The summed E-state index contributed by atoms with van der Waals surface area (Å²) in [6.45, 7) is 2.34. The van der Waals surface area contributed by atoms with Crippen LogP contribution in [0.3, 0.4) is 0 Å². The molecule has 2 rings (SSSR count). The second kappa shape index (κ2) is 3.39. The lowest BCUT2D eigenvalue weighted by Gasteiger charge is -2.17. The smallest absolute Gasteiger partial charge is 0.0448 e. The van der Waals surface area contributed by atoms with Gasteiger partial charge in [-0.3, -0.25) is 0 Å². The Labute approximate surface area is 96.0 Å². The molecule has 2 heteroatoms. The van der Waals surface area contributed by atoms with Gasteiger partial charge in [0.1, 0.15) is 0 Å². The first-order valence-electron chi connectivity index (χ1n) is 4.51. The first-order chi connectivity index (χ1) is 6.12. The quantitative estimate of drug-likeness (QED) is 0.696. The van der Waals surface area contributed by atoms with E-state index in [0.29, 0.717) is 10.2 Å². The molecular formula is C11H12Br2. The first kappa shape index (κ1) is 9.72. The molecule has 1 unspecified atom stereocenters. The van der Waals surface area contributed by atoms with Crippen LogP contribution in [0.2, 0.25) is 0 Å². The fourth-order valence-electron chi connectivity index (χ4n) is 1.48. The lowest BCUT2D eigenvalue weighted by Crippen LogP contribution is -2.02. The zero-order valence-corrected chi connectivity index (χ0v) is 10.7. The molecule has 0 spiro atoms. The van der Waals surface area contributed by atoms with Crippen molar-refractivity contribution in [2.75, 3.05) is 0 Å². The van der Waals surface area contributed by atoms with Crippen LogP contribution in [0.15, 0.2) is 28.7 Å². The Morgan fingerprint density at radius 3 is 2.23 bits per heavy atom. The Morgan fingerprint density at radius 2 is 1.77 bits per heavy atom. The SMILES string of the molecule is CC1(C(Br)c2ccc(Br)cc2)CC1. The van der Waals surface area contributed by atoms with Crippen LogP contribution >= 0.6 is 31.9 Å². The van der Waals surface area contributed by atoms with E-state index in [-0.39, 0.29) is 0 Å². The van der Waals surface area contributed by atoms with E-state index in [2.05, 4.69) is 63.0 Å².